The number of halogens is 1. The van der Waals surface area contributed by atoms with E-state index < -0.39 is 11.9 Å². The van der Waals surface area contributed by atoms with Crippen molar-refractivity contribution in [2.45, 2.75) is 6.54 Å². The molecule has 2 aromatic rings. The molecular formula is C14H13BrN2O4. The molecule has 2 N–H and O–H groups in total. The van der Waals surface area contributed by atoms with Crippen molar-refractivity contribution >= 4 is 38.8 Å². The first-order chi connectivity index (χ1) is 9.97. The minimum absolute atomic E-state index is 0.208. The summed E-state index contributed by atoms with van der Waals surface area (Å²) in [5.74, 6) is -2.13. The Labute approximate surface area is 129 Å². The Morgan fingerprint density at radius 1 is 1.14 bits per heavy atom. The first-order valence-electron chi connectivity index (χ1n) is 6.15. The molecular weight excluding hydrogens is 340 g/mol. The first-order valence-corrected chi connectivity index (χ1v) is 6.94. The number of benzene rings is 1. The first kappa shape index (κ1) is 15.4. The highest BCUT2D eigenvalue weighted by atomic mass is 79.9. The van der Waals surface area contributed by atoms with Crippen LogP contribution in [0.2, 0.25) is 0 Å². The fourth-order valence-corrected chi connectivity index (χ4v) is 2.57. The molecule has 0 atom stereocenters. The average molecular weight is 353 g/mol. The molecule has 0 aliphatic heterocycles. The van der Waals surface area contributed by atoms with Crippen LogP contribution in [0.1, 0.15) is 5.56 Å². The molecule has 0 unspecified atom stereocenters. The van der Waals surface area contributed by atoms with Crippen LogP contribution in [0, 0.1) is 0 Å². The number of hydrogen-bond donors (Lipinski definition) is 2. The second-order valence-corrected chi connectivity index (χ2v) is 5.39. The molecule has 1 aromatic heterocycles. The zero-order chi connectivity index (χ0) is 15.4. The highest BCUT2D eigenvalue weighted by Crippen LogP contribution is 2.25. The molecule has 2 rings (SSSR count). The predicted octanol–water partition coefficient (Wildman–Crippen LogP) is 1.97. The van der Waals surface area contributed by atoms with Crippen LogP contribution in [0.3, 0.4) is 0 Å². The van der Waals surface area contributed by atoms with Crippen LogP contribution in [-0.2, 0) is 16.1 Å². The molecule has 1 aromatic carbocycles. The molecule has 0 radical (unpaired) electrons. The lowest BCUT2D eigenvalue weighted by Crippen LogP contribution is -2.34. The van der Waals surface area contributed by atoms with Crippen molar-refractivity contribution in [3.8, 4) is 0 Å². The molecule has 0 saturated heterocycles. The SMILES string of the molecule is O=C(O)CN(CC(=O)O)Cc1ccc(Br)c2cccnc12. The molecule has 0 bridgehead atoms. The van der Waals surface area contributed by atoms with Gasteiger partial charge in [0.05, 0.1) is 18.6 Å². The highest BCUT2D eigenvalue weighted by molar-refractivity contribution is 9.10. The van der Waals surface area contributed by atoms with E-state index in [0.29, 0.717) is 0 Å². The molecule has 21 heavy (non-hydrogen) atoms. The number of fused-ring (bicyclic) bond motifs is 1. The van der Waals surface area contributed by atoms with Gasteiger partial charge in [-0.05, 0) is 17.7 Å². The van der Waals surface area contributed by atoms with Crippen molar-refractivity contribution < 1.29 is 19.8 Å². The van der Waals surface area contributed by atoms with Crippen LogP contribution in [0.25, 0.3) is 10.9 Å². The minimum Gasteiger partial charge on any atom is -0.480 e. The van der Waals surface area contributed by atoms with E-state index in [1.165, 1.54) is 4.90 Å². The number of aliphatic carboxylic acids is 2. The van der Waals surface area contributed by atoms with E-state index in [-0.39, 0.29) is 19.6 Å². The molecule has 6 nitrogen and oxygen atoms in total. The maximum absolute atomic E-state index is 10.8. The van der Waals surface area contributed by atoms with Gasteiger partial charge in [-0.3, -0.25) is 19.5 Å². The van der Waals surface area contributed by atoms with Crippen LogP contribution < -0.4 is 0 Å². The summed E-state index contributed by atoms with van der Waals surface area (Å²) in [6, 6.07) is 7.37. The molecule has 0 amide bonds. The molecule has 0 saturated carbocycles. The number of carboxylic acids is 2. The average Bonchev–Trinajstić information content (AvgIpc) is 2.41. The van der Waals surface area contributed by atoms with Gasteiger partial charge >= 0.3 is 11.9 Å². The number of pyridine rings is 1. The number of hydrogen-bond acceptors (Lipinski definition) is 4. The van der Waals surface area contributed by atoms with Gasteiger partial charge in [0.2, 0.25) is 0 Å². The number of carboxylic acid groups (broad SMARTS) is 2. The van der Waals surface area contributed by atoms with E-state index in [4.69, 9.17) is 10.2 Å². The standard InChI is InChI=1S/C14H13BrN2O4/c15-11-4-3-9(14-10(11)2-1-5-16-14)6-17(7-12(18)19)8-13(20)21/h1-5H,6-8H2,(H,18,19)(H,20,21). The summed E-state index contributed by atoms with van der Waals surface area (Å²) in [5.41, 5.74) is 1.52. The molecule has 0 aliphatic carbocycles. The lowest BCUT2D eigenvalue weighted by Gasteiger charge is -2.19. The lowest BCUT2D eigenvalue weighted by molar-refractivity contribution is -0.141. The van der Waals surface area contributed by atoms with Crippen LogP contribution in [0.15, 0.2) is 34.9 Å². The van der Waals surface area contributed by atoms with Crippen LogP contribution in [-0.4, -0.2) is 45.1 Å². The van der Waals surface area contributed by atoms with E-state index in [1.54, 1.807) is 6.20 Å². The third kappa shape index (κ3) is 3.99. The number of aromatic nitrogens is 1. The number of rotatable bonds is 6. The second-order valence-electron chi connectivity index (χ2n) is 4.54. The maximum Gasteiger partial charge on any atom is 0.317 e. The van der Waals surface area contributed by atoms with Crippen LogP contribution in [0.5, 0.6) is 0 Å². The Balaban J connectivity index is 2.34. The van der Waals surface area contributed by atoms with Crippen LogP contribution in [0.4, 0.5) is 0 Å². The zero-order valence-electron chi connectivity index (χ0n) is 11.0. The Hall–Kier alpha value is -1.99. The Morgan fingerprint density at radius 3 is 2.43 bits per heavy atom. The monoisotopic (exact) mass is 352 g/mol. The Kier molecular flexibility index (Phi) is 4.87. The van der Waals surface area contributed by atoms with Gasteiger partial charge in [0, 0.05) is 22.6 Å². The predicted molar refractivity (Wildman–Crippen MR) is 80.0 cm³/mol. The summed E-state index contributed by atoms with van der Waals surface area (Å²) in [7, 11) is 0. The van der Waals surface area contributed by atoms with Crippen molar-refractivity contribution in [3.05, 3.63) is 40.5 Å². The van der Waals surface area contributed by atoms with Gasteiger partial charge in [0.25, 0.3) is 0 Å². The molecule has 0 aliphatic rings. The smallest absolute Gasteiger partial charge is 0.317 e. The van der Waals surface area contributed by atoms with Crippen molar-refractivity contribution in [3.63, 3.8) is 0 Å². The van der Waals surface area contributed by atoms with Gasteiger partial charge in [-0.1, -0.05) is 28.1 Å². The van der Waals surface area contributed by atoms with E-state index in [1.807, 2.05) is 24.3 Å². The van der Waals surface area contributed by atoms with Crippen molar-refractivity contribution in [2.75, 3.05) is 13.1 Å². The second kappa shape index (κ2) is 6.64. The Morgan fingerprint density at radius 2 is 1.81 bits per heavy atom. The molecule has 0 fully saturated rings. The van der Waals surface area contributed by atoms with Crippen molar-refractivity contribution in [1.29, 1.82) is 0 Å². The maximum atomic E-state index is 10.8. The lowest BCUT2D eigenvalue weighted by atomic mass is 10.1. The topological polar surface area (TPSA) is 90.7 Å². The highest BCUT2D eigenvalue weighted by Gasteiger charge is 2.16. The normalized spacial score (nSPS) is 11.0. The van der Waals surface area contributed by atoms with Crippen molar-refractivity contribution in [2.24, 2.45) is 0 Å². The summed E-state index contributed by atoms with van der Waals surface area (Å²) in [6.45, 7) is -0.466. The third-order valence-electron chi connectivity index (χ3n) is 2.91. The van der Waals surface area contributed by atoms with Gasteiger partial charge in [0.1, 0.15) is 0 Å². The summed E-state index contributed by atoms with van der Waals surface area (Å²) in [6.07, 6.45) is 1.65. The molecule has 7 heteroatoms. The summed E-state index contributed by atoms with van der Waals surface area (Å²) < 4.78 is 0.886. The van der Waals surface area contributed by atoms with Gasteiger partial charge in [-0.25, -0.2) is 0 Å². The molecule has 1 heterocycles. The largest absolute Gasteiger partial charge is 0.480 e. The Bertz CT molecular complexity index is 674. The van der Waals surface area contributed by atoms with Gasteiger partial charge < -0.3 is 10.2 Å². The number of nitrogens with zero attached hydrogens (tertiary/aromatic N) is 2. The molecule has 0 spiro atoms. The van der Waals surface area contributed by atoms with Gasteiger partial charge in [-0.15, -0.1) is 0 Å². The van der Waals surface area contributed by atoms with E-state index in [2.05, 4.69) is 20.9 Å². The van der Waals surface area contributed by atoms with Gasteiger partial charge in [0.15, 0.2) is 0 Å². The minimum atomic E-state index is -1.06. The van der Waals surface area contributed by atoms with Crippen LogP contribution >= 0.6 is 15.9 Å². The van der Waals surface area contributed by atoms with E-state index in [0.717, 1.165) is 20.9 Å². The fourth-order valence-electron chi connectivity index (χ4n) is 2.12. The van der Waals surface area contributed by atoms with E-state index in [9.17, 15) is 9.59 Å². The summed E-state index contributed by atoms with van der Waals surface area (Å²) >= 11 is 3.44. The summed E-state index contributed by atoms with van der Waals surface area (Å²) in [4.78, 5) is 27.3. The van der Waals surface area contributed by atoms with Gasteiger partial charge in [-0.2, -0.15) is 0 Å². The zero-order valence-corrected chi connectivity index (χ0v) is 12.6. The third-order valence-corrected chi connectivity index (χ3v) is 3.60. The fraction of sp³-hybridized carbons (Fsp3) is 0.214. The van der Waals surface area contributed by atoms with E-state index >= 15 is 0 Å². The number of carbonyl (C=O) groups is 2. The van der Waals surface area contributed by atoms with Crippen molar-refractivity contribution in [1.82, 2.24) is 9.88 Å². The molecule has 110 valence electrons. The quantitative estimate of drug-likeness (QED) is 0.825. The summed E-state index contributed by atoms with van der Waals surface area (Å²) in [5, 5.41) is 18.7.